The van der Waals surface area contributed by atoms with Crippen molar-refractivity contribution in [2.45, 2.75) is 40.0 Å². The second-order valence-electron chi connectivity index (χ2n) is 7.39. The molecule has 3 aromatic rings. The van der Waals surface area contributed by atoms with Gasteiger partial charge in [0.15, 0.2) is 0 Å². The summed E-state index contributed by atoms with van der Waals surface area (Å²) in [5.41, 5.74) is 6.50. The van der Waals surface area contributed by atoms with Gasteiger partial charge in [0.2, 0.25) is 0 Å². The largest absolute Gasteiger partial charge is 0.478 e. The number of carbonyl (C=O) groups is 2. The number of hydrogen-bond acceptors (Lipinski definition) is 2. The zero-order chi connectivity index (χ0) is 21.8. The Morgan fingerprint density at radius 2 is 1.30 bits per heavy atom. The zero-order valence-corrected chi connectivity index (χ0v) is 17.5. The predicted octanol–water partition coefficient (Wildman–Crippen LogP) is 6.24. The van der Waals surface area contributed by atoms with Crippen LogP contribution in [-0.4, -0.2) is 22.2 Å². The van der Waals surface area contributed by atoms with Crippen molar-refractivity contribution in [1.82, 2.24) is 0 Å². The Hall–Kier alpha value is -3.40. The van der Waals surface area contributed by atoms with Gasteiger partial charge in [0.25, 0.3) is 0 Å². The third-order valence-corrected chi connectivity index (χ3v) is 5.47. The van der Waals surface area contributed by atoms with Gasteiger partial charge in [-0.2, -0.15) is 0 Å². The molecule has 2 N–H and O–H groups in total. The van der Waals surface area contributed by atoms with Crippen LogP contribution in [0, 0.1) is 6.92 Å². The van der Waals surface area contributed by atoms with Crippen LogP contribution in [0.25, 0.3) is 22.3 Å². The fourth-order valence-corrected chi connectivity index (χ4v) is 4.23. The second kappa shape index (κ2) is 8.95. The van der Waals surface area contributed by atoms with Crippen LogP contribution in [-0.2, 0) is 12.8 Å². The molecule has 0 spiro atoms. The molecule has 0 heterocycles. The SMILES string of the molecule is CCCc1cc(C)c(CC)c(-c2ccccc2C(=O)O)c1-c1ccccc1C(=O)O. The maximum Gasteiger partial charge on any atom is 0.336 e. The van der Waals surface area contributed by atoms with Crippen molar-refractivity contribution in [3.05, 3.63) is 82.4 Å². The summed E-state index contributed by atoms with van der Waals surface area (Å²) in [5, 5.41) is 19.7. The van der Waals surface area contributed by atoms with Gasteiger partial charge in [-0.15, -0.1) is 0 Å². The van der Waals surface area contributed by atoms with Crippen molar-refractivity contribution in [2.24, 2.45) is 0 Å². The summed E-state index contributed by atoms with van der Waals surface area (Å²) in [4.78, 5) is 24.0. The average Bonchev–Trinajstić information content (AvgIpc) is 2.73. The van der Waals surface area contributed by atoms with Crippen LogP contribution in [0.2, 0.25) is 0 Å². The van der Waals surface area contributed by atoms with Crippen LogP contribution < -0.4 is 0 Å². The summed E-state index contributed by atoms with van der Waals surface area (Å²) in [6, 6.07) is 16.1. The molecule has 0 unspecified atom stereocenters. The minimum absolute atomic E-state index is 0.217. The van der Waals surface area contributed by atoms with Gasteiger partial charge in [-0.25, -0.2) is 9.59 Å². The van der Waals surface area contributed by atoms with E-state index in [1.807, 2.05) is 38.1 Å². The van der Waals surface area contributed by atoms with Crippen LogP contribution in [0.5, 0.6) is 0 Å². The molecule has 0 fully saturated rings. The first kappa shape index (κ1) is 21.3. The molecule has 0 radical (unpaired) electrons. The molecule has 0 saturated carbocycles. The van der Waals surface area contributed by atoms with Gasteiger partial charge in [-0.1, -0.05) is 62.7 Å². The lowest BCUT2D eigenvalue weighted by Crippen LogP contribution is -2.07. The monoisotopic (exact) mass is 402 g/mol. The van der Waals surface area contributed by atoms with Gasteiger partial charge in [0.1, 0.15) is 0 Å². The van der Waals surface area contributed by atoms with Gasteiger partial charge < -0.3 is 10.2 Å². The van der Waals surface area contributed by atoms with E-state index < -0.39 is 11.9 Å². The highest BCUT2D eigenvalue weighted by Gasteiger charge is 2.24. The van der Waals surface area contributed by atoms with E-state index in [0.717, 1.165) is 40.7 Å². The van der Waals surface area contributed by atoms with Crippen molar-refractivity contribution in [2.75, 3.05) is 0 Å². The Kier molecular flexibility index (Phi) is 6.36. The average molecular weight is 402 g/mol. The third-order valence-electron chi connectivity index (χ3n) is 5.47. The Bertz CT molecular complexity index is 1110. The number of aryl methyl sites for hydroxylation is 2. The summed E-state index contributed by atoms with van der Waals surface area (Å²) in [5.74, 6) is -1.99. The Balaban J connectivity index is 2.54. The maximum absolute atomic E-state index is 12.0. The van der Waals surface area contributed by atoms with E-state index in [0.29, 0.717) is 17.5 Å². The van der Waals surface area contributed by atoms with E-state index in [2.05, 4.69) is 13.0 Å². The van der Waals surface area contributed by atoms with Crippen LogP contribution in [0.15, 0.2) is 54.6 Å². The molecule has 0 aliphatic rings. The molecular formula is C26H26O4. The van der Waals surface area contributed by atoms with E-state index >= 15 is 0 Å². The fourth-order valence-electron chi connectivity index (χ4n) is 4.23. The van der Waals surface area contributed by atoms with Crippen molar-refractivity contribution >= 4 is 11.9 Å². The number of carboxylic acids is 2. The highest BCUT2D eigenvalue weighted by Crippen LogP contribution is 2.42. The lowest BCUT2D eigenvalue weighted by molar-refractivity contribution is 0.0686. The molecule has 0 amide bonds. The van der Waals surface area contributed by atoms with E-state index in [-0.39, 0.29) is 11.1 Å². The lowest BCUT2D eigenvalue weighted by atomic mass is 9.80. The first-order chi connectivity index (χ1) is 14.4. The fraction of sp³-hybridized carbons (Fsp3) is 0.231. The molecule has 4 nitrogen and oxygen atoms in total. The minimum Gasteiger partial charge on any atom is -0.478 e. The minimum atomic E-state index is -0.997. The van der Waals surface area contributed by atoms with Crippen molar-refractivity contribution in [3.63, 3.8) is 0 Å². The molecular weight excluding hydrogens is 376 g/mol. The maximum atomic E-state index is 12.0. The molecule has 154 valence electrons. The van der Waals surface area contributed by atoms with Gasteiger partial charge >= 0.3 is 11.9 Å². The molecule has 3 aromatic carbocycles. The summed E-state index contributed by atoms with van der Waals surface area (Å²) < 4.78 is 0. The topological polar surface area (TPSA) is 74.6 Å². The van der Waals surface area contributed by atoms with Crippen LogP contribution in [0.3, 0.4) is 0 Å². The van der Waals surface area contributed by atoms with Crippen LogP contribution >= 0.6 is 0 Å². The summed E-state index contributed by atoms with van der Waals surface area (Å²) in [7, 11) is 0. The molecule has 0 atom stereocenters. The van der Waals surface area contributed by atoms with Crippen LogP contribution in [0.1, 0.15) is 57.7 Å². The van der Waals surface area contributed by atoms with E-state index in [4.69, 9.17) is 0 Å². The standard InChI is InChI=1S/C26H26O4/c1-4-10-17-15-16(3)18(5-2)24(20-12-7-9-14-22(20)26(29)30)23(17)19-11-6-8-13-21(19)25(27)28/h6-9,11-15H,4-5,10H2,1-3H3,(H,27,28)(H,29,30). The second-order valence-corrected chi connectivity index (χ2v) is 7.39. The Labute approximate surface area is 176 Å². The van der Waals surface area contributed by atoms with Crippen molar-refractivity contribution in [1.29, 1.82) is 0 Å². The molecule has 0 aromatic heterocycles. The predicted molar refractivity (Wildman–Crippen MR) is 119 cm³/mol. The van der Waals surface area contributed by atoms with Gasteiger partial charge in [0, 0.05) is 0 Å². The van der Waals surface area contributed by atoms with Gasteiger partial charge in [-0.05, 0) is 70.8 Å². The summed E-state index contributed by atoms with van der Waals surface area (Å²) >= 11 is 0. The first-order valence-electron chi connectivity index (χ1n) is 10.2. The number of benzene rings is 3. The zero-order valence-electron chi connectivity index (χ0n) is 17.5. The van der Waals surface area contributed by atoms with E-state index in [9.17, 15) is 19.8 Å². The van der Waals surface area contributed by atoms with Gasteiger partial charge in [-0.3, -0.25) is 0 Å². The number of aromatic carboxylic acids is 2. The Morgan fingerprint density at radius 3 is 1.77 bits per heavy atom. The van der Waals surface area contributed by atoms with E-state index in [1.54, 1.807) is 24.3 Å². The Morgan fingerprint density at radius 1 is 0.800 bits per heavy atom. The number of hydrogen-bond donors (Lipinski definition) is 2. The van der Waals surface area contributed by atoms with Gasteiger partial charge in [0.05, 0.1) is 11.1 Å². The molecule has 4 heteroatoms. The molecule has 0 saturated heterocycles. The molecule has 0 bridgehead atoms. The number of rotatable bonds is 7. The summed E-state index contributed by atoms with van der Waals surface area (Å²) in [6.45, 7) is 6.17. The van der Waals surface area contributed by atoms with Crippen molar-refractivity contribution < 1.29 is 19.8 Å². The molecule has 0 aliphatic heterocycles. The highest BCUT2D eigenvalue weighted by molar-refractivity contribution is 6.04. The molecule has 3 rings (SSSR count). The molecule has 30 heavy (non-hydrogen) atoms. The van der Waals surface area contributed by atoms with Crippen LogP contribution in [0.4, 0.5) is 0 Å². The highest BCUT2D eigenvalue weighted by atomic mass is 16.4. The third kappa shape index (κ3) is 3.86. The lowest BCUT2D eigenvalue weighted by Gasteiger charge is -2.23. The number of carboxylic acid groups (broad SMARTS) is 2. The normalized spacial score (nSPS) is 10.8. The first-order valence-corrected chi connectivity index (χ1v) is 10.2. The quantitative estimate of drug-likeness (QED) is 0.490. The van der Waals surface area contributed by atoms with E-state index in [1.165, 1.54) is 0 Å². The smallest absolute Gasteiger partial charge is 0.336 e. The van der Waals surface area contributed by atoms with Crippen molar-refractivity contribution in [3.8, 4) is 22.3 Å². The molecule has 0 aliphatic carbocycles. The summed E-state index contributed by atoms with van der Waals surface area (Å²) in [6.07, 6.45) is 2.38.